The first kappa shape index (κ1) is 22.5. The fraction of sp³-hybridized carbons (Fsp3) is 0.280. The lowest BCUT2D eigenvalue weighted by atomic mass is 10.1. The van der Waals surface area contributed by atoms with Crippen LogP contribution in [0, 0.1) is 5.82 Å². The molecule has 33 heavy (non-hydrogen) atoms. The Labute approximate surface area is 192 Å². The zero-order valence-electron chi connectivity index (χ0n) is 18.8. The number of nitrogens with one attached hydrogen (secondary N) is 1. The molecule has 0 aliphatic carbocycles. The zero-order chi connectivity index (χ0) is 23.2. The molecule has 2 heterocycles. The van der Waals surface area contributed by atoms with E-state index in [0.29, 0.717) is 31.0 Å². The number of ether oxygens (including phenoxy) is 2. The summed E-state index contributed by atoms with van der Waals surface area (Å²) in [5.74, 6) is 1.42. The minimum atomic E-state index is -0.400. The summed E-state index contributed by atoms with van der Waals surface area (Å²) in [7, 11) is 3.30. The van der Waals surface area contributed by atoms with Crippen LogP contribution < -0.4 is 14.8 Å². The van der Waals surface area contributed by atoms with Crippen LogP contribution in [-0.2, 0) is 6.54 Å². The Morgan fingerprint density at radius 3 is 2.55 bits per heavy atom. The number of piperazine rings is 1. The van der Waals surface area contributed by atoms with Crippen molar-refractivity contribution in [2.45, 2.75) is 6.54 Å². The molecule has 1 fully saturated rings. The van der Waals surface area contributed by atoms with Gasteiger partial charge in [0, 0.05) is 44.5 Å². The summed E-state index contributed by atoms with van der Waals surface area (Å²) in [5, 5.41) is 2.96. The molecule has 1 aromatic heterocycles. The van der Waals surface area contributed by atoms with Crippen LogP contribution in [0.5, 0.6) is 11.5 Å². The normalized spacial score (nSPS) is 14.1. The highest BCUT2D eigenvalue weighted by molar-refractivity contribution is 5.99. The van der Waals surface area contributed by atoms with Gasteiger partial charge in [0.1, 0.15) is 23.1 Å². The summed E-state index contributed by atoms with van der Waals surface area (Å²) < 4.78 is 24.9. The quantitative estimate of drug-likeness (QED) is 0.588. The molecule has 1 aliphatic heterocycles. The molecule has 0 unspecified atom stereocenters. The van der Waals surface area contributed by atoms with Gasteiger partial charge in [0.05, 0.1) is 25.5 Å². The number of para-hydroxylation sites is 1. The molecule has 8 heteroatoms. The number of hydrogen-bond acceptors (Lipinski definition) is 6. The van der Waals surface area contributed by atoms with Gasteiger partial charge in [-0.2, -0.15) is 0 Å². The second-order valence-electron chi connectivity index (χ2n) is 7.75. The number of rotatable bonds is 7. The number of hydrogen-bond donors (Lipinski definition) is 1. The predicted octanol–water partition coefficient (Wildman–Crippen LogP) is 3.94. The number of methoxy groups -OCH3 is 2. The number of pyridine rings is 1. The molecule has 0 saturated carbocycles. The predicted molar refractivity (Wildman–Crippen MR) is 125 cm³/mol. The topological polar surface area (TPSA) is 66.9 Å². The van der Waals surface area contributed by atoms with Crippen LogP contribution >= 0.6 is 0 Å². The number of benzene rings is 2. The summed E-state index contributed by atoms with van der Waals surface area (Å²) >= 11 is 0. The van der Waals surface area contributed by atoms with Gasteiger partial charge >= 0.3 is 0 Å². The fourth-order valence-electron chi connectivity index (χ4n) is 3.89. The molecule has 0 radical (unpaired) electrons. The molecule has 7 nitrogen and oxygen atoms in total. The second kappa shape index (κ2) is 10.3. The highest BCUT2D eigenvalue weighted by Gasteiger charge is 2.25. The van der Waals surface area contributed by atoms with Crippen molar-refractivity contribution in [3.05, 3.63) is 77.7 Å². The minimum Gasteiger partial charge on any atom is -0.497 e. The van der Waals surface area contributed by atoms with Crippen molar-refractivity contribution >= 4 is 17.4 Å². The number of aromatic nitrogens is 1. The number of carbonyl (C=O) groups is 1. The molecule has 172 valence electrons. The standard InChI is InChI=1S/C25H27FN4O3/c1-32-19-9-10-23(33-2)18(16-19)17-29-12-14-30(15-13-29)25(31)20-6-5-11-27-24(20)28-22-8-4-3-7-21(22)26/h3-11,16H,12-15,17H2,1-2H3,(H,27,28). The van der Waals surface area contributed by atoms with Gasteiger partial charge < -0.3 is 19.7 Å². The van der Waals surface area contributed by atoms with E-state index in [9.17, 15) is 9.18 Å². The molecule has 0 bridgehead atoms. The molecular weight excluding hydrogens is 423 g/mol. The molecule has 0 atom stereocenters. The Balaban J connectivity index is 1.42. The Morgan fingerprint density at radius 2 is 1.82 bits per heavy atom. The average molecular weight is 451 g/mol. The van der Waals surface area contributed by atoms with E-state index in [2.05, 4.69) is 15.2 Å². The maximum absolute atomic E-state index is 14.1. The van der Waals surface area contributed by atoms with E-state index in [1.807, 2.05) is 23.1 Å². The largest absolute Gasteiger partial charge is 0.497 e. The van der Waals surface area contributed by atoms with Gasteiger partial charge in [0.2, 0.25) is 0 Å². The van der Waals surface area contributed by atoms with Gasteiger partial charge in [0.25, 0.3) is 5.91 Å². The van der Waals surface area contributed by atoms with Crippen molar-refractivity contribution in [1.29, 1.82) is 0 Å². The molecule has 1 amide bonds. The summed E-state index contributed by atoms with van der Waals surface area (Å²) in [6.45, 7) is 3.32. The van der Waals surface area contributed by atoms with Crippen LogP contribution in [-0.4, -0.2) is 61.1 Å². The first-order valence-corrected chi connectivity index (χ1v) is 10.8. The number of nitrogens with zero attached hydrogens (tertiary/aromatic N) is 3. The van der Waals surface area contributed by atoms with Crippen molar-refractivity contribution in [1.82, 2.24) is 14.8 Å². The third-order valence-corrected chi connectivity index (χ3v) is 5.71. The van der Waals surface area contributed by atoms with E-state index in [4.69, 9.17) is 9.47 Å². The van der Waals surface area contributed by atoms with E-state index >= 15 is 0 Å². The second-order valence-corrected chi connectivity index (χ2v) is 7.75. The molecule has 1 aliphatic rings. The van der Waals surface area contributed by atoms with Crippen molar-refractivity contribution in [3.63, 3.8) is 0 Å². The van der Waals surface area contributed by atoms with Crippen LogP contribution in [0.1, 0.15) is 15.9 Å². The Hall–Kier alpha value is -3.65. The van der Waals surface area contributed by atoms with Crippen LogP contribution in [0.2, 0.25) is 0 Å². The third-order valence-electron chi connectivity index (χ3n) is 5.71. The average Bonchev–Trinajstić information content (AvgIpc) is 2.86. The van der Waals surface area contributed by atoms with Crippen molar-refractivity contribution < 1.29 is 18.7 Å². The summed E-state index contributed by atoms with van der Waals surface area (Å²) in [5.41, 5.74) is 1.74. The van der Waals surface area contributed by atoms with Crippen molar-refractivity contribution in [3.8, 4) is 11.5 Å². The first-order chi connectivity index (χ1) is 16.1. The SMILES string of the molecule is COc1ccc(OC)c(CN2CCN(C(=O)c3cccnc3Nc3ccccc3F)CC2)c1. The zero-order valence-corrected chi connectivity index (χ0v) is 18.8. The van der Waals surface area contributed by atoms with Gasteiger partial charge in [-0.05, 0) is 42.5 Å². The first-order valence-electron chi connectivity index (χ1n) is 10.8. The minimum absolute atomic E-state index is 0.124. The third kappa shape index (κ3) is 5.23. The van der Waals surface area contributed by atoms with Gasteiger partial charge in [-0.3, -0.25) is 9.69 Å². The van der Waals surface area contributed by atoms with Gasteiger partial charge in [-0.15, -0.1) is 0 Å². The van der Waals surface area contributed by atoms with E-state index in [0.717, 1.165) is 30.2 Å². The van der Waals surface area contributed by atoms with E-state index in [1.54, 1.807) is 50.7 Å². The summed E-state index contributed by atoms with van der Waals surface area (Å²) in [6, 6.07) is 15.5. The Morgan fingerprint density at radius 1 is 1.03 bits per heavy atom. The molecule has 0 spiro atoms. The van der Waals surface area contributed by atoms with E-state index < -0.39 is 5.82 Å². The lowest BCUT2D eigenvalue weighted by Crippen LogP contribution is -2.48. The maximum Gasteiger partial charge on any atom is 0.257 e. The van der Waals surface area contributed by atoms with Gasteiger partial charge in [0.15, 0.2) is 0 Å². The van der Waals surface area contributed by atoms with Gasteiger partial charge in [-0.25, -0.2) is 9.37 Å². The lowest BCUT2D eigenvalue weighted by molar-refractivity contribution is 0.0628. The molecule has 1 N–H and O–H groups in total. The summed E-state index contributed by atoms with van der Waals surface area (Å²) in [4.78, 5) is 21.6. The number of amides is 1. The van der Waals surface area contributed by atoms with Crippen LogP contribution in [0.25, 0.3) is 0 Å². The van der Waals surface area contributed by atoms with E-state index in [1.165, 1.54) is 6.07 Å². The van der Waals surface area contributed by atoms with Crippen LogP contribution in [0.3, 0.4) is 0 Å². The maximum atomic E-state index is 14.1. The Bertz CT molecular complexity index is 1120. The van der Waals surface area contributed by atoms with Crippen LogP contribution in [0.4, 0.5) is 15.9 Å². The van der Waals surface area contributed by atoms with Crippen LogP contribution in [0.15, 0.2) is 60.8 Å². The monoisotopic (exact) mass is 450 g/mol. The van der Waals surface area contributed by atoms with Gasteiger partial charge in [-0.1, -0.05) is 12.1 Å². The molecule has 3 aromatic rings. The highest BCUT2D eigenvalue weighted by Crippen LogP contribution is 2.26. The number of carbonyl (C=O) groups excluding carboxylic acids is 1. The number of halogens is 1. The lowest BCUT2D eigenvalue weighted by Gasteiger charge is -2.35. The molecule has 1 saturated heterocycles. The van der Waals surface area contributed by atoms with Crippen molar-refractivity contribution in [2.75, 3.05) is 45.7 Å². The molecular formula is C25H27FN4O3. The number of anilines is 2. The Kier molecular flexibility index (Phi) is 7.04. The molecule has 2 aromatic carbocycles. The van der Waals surface area contributed by atoms with Crippen molar-refractivity contribution in [2.24, 2.45) is 0 Å². The fourth-order valence-corrected chi connectivity index (χ4v) is 3.89. The summed E-state index contributed by atoms with van der Waals surface area (Å²) in [6.07, 6.45) is 1.58. The highest BCUT2D eigenvalue weighted by atomic mass is 19.1. The molecule has 4 rings (SSSR count). The van der Waals surface area contributed by atoms with E-state index in [-0.39, 0.29) is 11.6 Å². The smallest absolute Gasteiger partial charge is 0.257 e.